The van der Waals surface area contributed by atoms with Crippen LogP contribution < -0.4 is 5.32 Å². The van der Waals surface area contributed by atoms with E-state index in [-0.39, 0.29) is 5.91 Å². The summed E-state index contributed by atoms with van der Waals surface area (Å²) in [5.74, 6) is 0.496. The summed E-state index contributed by atoms with van der Waals surface area (Å²) < 4.78 is 0. The summed E-state index contributed by atoms with van der Waals surface area (Å²) in [5.41, 5.74) is 7.06. The van der Waals surface area contributed by atoms with Crippen LogP contribution in [0.15, 0.2) is 67.5 Å². The van der Waals surface area contributed by atoms with Gasteiger partial charge in [-0.05, 0) is 35.9 Å². The molecule has 10 heteroatoms. The zero-order chi connectivity index (χ0) is 25.6. The normalized spacial score (nSPS) is 11.8. The number of imidazole rings is 1. The number of hydrogen-bond donors (Lipinski definition) is 3. The van der Waals surface area contributed by atoms with Crippen LogP contribution in [0.5, 0.6) is 0 Å². The maximum absolute atomic E-state index is 12.4. The van der Waals surface area contributed by atoms with Crippen LogP contribution in [0.1, 0.15) is 20.8 Å². The van der Waals surface area contributed by atoms with E-state index in [1.807, 2.05) is 51.1 Å². The fraction of sp³-hybridized carbons (Fsp3) is 0.148. The smallest absolute Gasteiger partial charge is 0.229 e. The molecule has 10 nitrogen and oxygen atoms in total. The Morgan fingerprint density at radius 2 is 1.65 bits per heavy atom. The summed E-state index contributed by atoms with van der Waals surface area (Å²) in [5, 5.41) is 10.5. The van der Waals surface area contributed by atoms with Gasteiger partial charge in [0.25, 0.3) is 0 Å². The van der Waals surface area contributed by atoms with E-state index in [0.29, 0.717) is 28.4 Å². The zero-order valence-corrected chi connectivity index (χ0v) is 20.4. The number of carbonyl (C=O) groups excluding carboxylic acids is 1. The molecule has 0 aliphatic rings. The highest BCUT2D eigenvalue weighted by Gasteiger charge is 2.22. The lowest BCUT2D eigenvalue weighted by molar-refractivity contribution is -0.123. The van der Waals surface area contributed by atoms with Crippen LogP contribution in [0.25, 0.3) is 56.0 Å². The van der Waals surface area contributed by atoms with E-state index in [1.54, 1.807) is 37.2 Å². The lowest BCUT2D eigenvalue weighted by Gasteiger charge is -2.17. The number of rotatable bonds is 4. The van der Waals surface area contributed by atoms with Crippen molar-refractivity contribution in [1.82, 2.24) is 40.1 Å². The predicted molar refractivity (Wildman–Crippen MR) is 141 cm³/mol. The number of aromatic amines is 2. The van der Waals surface area contributed by atoms with Crippen LogP contribution >= 0.6 is 0 Å². The summed E-state index contributed by atoms with van der Waals surface area (Å²) in [6.07, 6.45) is 10.4. The van der Waals surface area contributed by atoms with Crippen molar-refractivity contribution in [3.8, 4) is 33.9 Å². The third-order valence-corrected chi connectivity index (χ3v) is 5.99. The molecule has 0 unspecified atom stereocenters. The van der Waals surface area contributed by atoms with Gasteiger partial charge in [-0.15, -0.1) is 0 Å². The zero-order valence-electron chi connectivity index (χ0n) is 20.4. The number of fused-ring (bicyclic) bond motifs is 2. The fourth-order valence-corrected chi connectivity index (χ4v) is 3.98. The maximum Gasteiger partial charge on any atom is 0.229 e. The van der Waals surface area contributed by atoms with E-state index in [0.717, 1.165) is 33.2 Å². The monoisotopic (exact) mass is 489 g/mol. The molecule has 0 aliphatic carbocycles. The topological polar surface area (TPSA) is 138 Å². The van der Waals surface area contributed by atoms with Crippen molar-refractivity contribution in [1.29, 1.82) is 0 Å². The van der Waals surface area contributed by atoms with Crippen molar-refractivity contribution in [3.63, 3.8) is 0 Å². The second-order valence-electron chi connectivity index (χ2n) is 9.74. The first kappa shape index (κ1) is 22.5. The van der Waals surface area contributed by atoms with E-state index in [2.05, 4.69) is 35.5 Å². The van der Waals surface area contributed by atoms with Crippen LogP contribution in [0, 0.1) is 5.41 Å². The Labute approximate surface area is 211 Å². The Morgan fingerprint density at radius 3 is 2.46 bits per heavy atom. The number of nitrogens with one attached hydrogen (secondary N) is 3. The molecule has 0 saturated carbocycles. The third-order valence-electron chi connectivity index (χ3n) is 5.99. The maximum atomic E-state index is 12.4. The molecule has 6 aromatic heterocycles. The predicted octanol–water partition coefficient (Wildman–Crippen LogP) is 5.00. The van der Waals surface area contributed by atoms with Gasteiger partial charge >= 0.3 is 0 Å². The molecular weight excluding hydrogens is 466 g/mol. The number of H-pyrrole nitrogens is 2. The molecule has 0 fully saturated rings. The lowest BCUT2D eigenvalue weighted by atomic mass is 9.95. The number of amides is 1. The number of anilines is 1. The van der Waals surface area contributed by atoms with Crippen LogP contribution in [0.3, 0.4) is 0 Å². The summed E-state index contributed by atoms with van der Waals surface area (Å²) in [4.78, 5) is 38.3. The number of nitrogens with zero attached hydrogens (tertiary/aromatic N) is 6. The van der Waals surface area contributed by atoms with Gasteiger partial charge in [0.05, 0.1) is 40.3 Å². The molecule has 6 aromatic rings. The van der Waals surface area contributed by atoms with Crippen molar-refractivity contribution in [2.45, 2.75) is 20.8 Å². The highest BCUT2D eigenvalue weighted by atomic mass is 16.2. The molecule has 182 valence electrons. The van der Waals surface area contributed by atoms with Crippen molar-refractivity contribution in [3.05, 3.63) is 67.5 Å². The molecule has 0 bridgehead atoms. The van der Waals surface area contributed by atoms with Gasteiger partial charge in [0.15, 0.2) is 11.5 Å². The molecule has 37 heavy (non-hydrogen) atoms. The van der Waals surface area contributed by atoms with E-state index in [9.17, 15) is 4.79 Å². The molecule has 3 N–H and O–H groups in total. The number of aromatic nitrogens is 8. The van der Waals surface area contributed by atoms with E-state index >= 15 is 0 Å². The minimum Gasteiger partial charge on any atom is -0.335 e. The molecule has 0 aliphatic heterocycles. The van der Waals surface area contributed by atoms with Gasteiger partial charge in [-0.2, -0.15) is 5.10 Å². The van der Waals surface area contributed by atoms with Gasteiger partial charge in [0.1, 0.15) is 5.52 Å². The highest BCUT2D eigenvalue weighted by molar-refractivity contribution is 5.96. The first-order chi connectivity index (χ1) is 17.9. The minimum absolute atomic E-state index is 0.0857. The average Bonchev–Trinajstić information content (AvgIpc) is 3.52. The number of pyridine rings is 4. The molecule has 0 aromatic carbocycles. The number of hydrogen-bond acceptors (Lipinski definition) is 7. The van der Waals surface area contributed by atoms with E-state index < -0.39 is 5.41 Å². The van der Waals surface area contributed by atoms with Crippen LogP contribution in [0.2, 0.25) is 0 Å². The molecule has 0 saturated heterocycles. The Bertz CT molecular complexity index is 1760. The molecule has 1 amide bonds. The summed E-state index contributed by atoms with van der Waals surface area (Å²) in [6, 6.07) is 9.52. The van der Waals surface area contributed by atoms with Crippen LogP contribution in [0.4, 0.5) is 5.69 Å². The average molecular weight is 490 g/mol. The van der Waals surface area contributed by atoms with Crippen LogP contribution in [-0.4, -0.2) is 46.0 Å². The van der Waals surface area contributed by atoms with Crippen molar-refractivity contribution in [2.75, 3.05) is 5.32 Å². The van der Waals surface area contributed by atoms with Crippen molar-refractivity contribution in [2.24, 2.45) is 5.41 Å². The van der Waals surface area contributed by atoms with Crippen LogP contribution in [-0.2, 0) is 4.79 Å². The summed E-state index contributed by atoms with van der Waals surface area (Å²) in [6.45, 7) is 5.59. The van der Waals surface area contributed by atoms with Crippen molar-refractivity contribution < 1.29 is 4.79 Å². The Morgan fingerprint density at radius 1 is 0.838 bits per heavy atom. The van der Waals surface area contributed by atoms with Gasteiger partial charge in [0, 0.05) is 41.3 Å². The quantitative estimate of drug-likeness (QED) is 0.317. The van der Waals surface area contributed by atoms with Gasteiger partial charge in [0.2, 0.25) is 5.91 Å². The van der Waals surface area contributed by atoms with Gasteiger partial charge in [-0.3, -0.25) is 24.8 Å². The van der Waals surface area contributed by atoms with Gasteiger partial charge in [-0.25, -0.2) is 9.97 Å². The highest BCUT2D eigenvalue weighted by Crippen LogP contribution is 2.31. The molecule has 6 rings (SSSR count). The largest absolute Gasteiger partial charge is 0.335 e. The van der Waals surface area contributed by atoms with E-state index in [1.165, 1.54) is 0 Å². The lowest BCUT2D eigenvalue weighted by Crippen LogP contribution is -2.27. The molecule has 6 heterocycles. The molecule has 0 atom stereocenters. The first-order valence-electron chi connectivity index (χ1n) is 11.7. The SMILES string of the molecule is CC(C)(C)C(=O)Nc1cncc(-c2ccc3[nH]nc(-c4nc5c(-c6ccncc6)cncc5[nH]4)c3n2)c1. The minimum atomic E-state index is -0.516. The molecular formula is C27H23N9O. The Kier molecular flexibility index (Phi) is 5.22. The second-order valence-corrected chi connectivity index (χ2v) is 9.74. The van der Waals surface area contributed by atoms with Crippen molar-refractivity contribution >= 4 is 33.7 Å². The van der Waals surface area contributed by atoms with E-state index in [4.69, 9.17) is 9.97 Å². The fourth-order valence-electron chi connectivity index (χ4n) is 3.98. The Balaban J connectivity index is 1.40. The second kappa shape index (κ2) is 8.59. The Hall–Kier alpha value is -4.99. The molecule has 0 spiro atoms. The number of carbonyl (C=O) groups is 1. The molecule has 0 radical (unpaired) electrons. The van der Waals surface area contributed by atoms with Gasteiger partial charge < -0.3 is 10.3 Å². The first-order valence-corrected chi connectivity index (χ1v) is 11.7. The summed E-state index contributed by atoms with van der Waals surface area (Å²) >= 11 is 0. The third kappa shape index (κ3) is 4.18. The summed E-state index contributed by atoms with van der Waals surface area (Å²) in [7, 11) is 0. The standard InChI is InChI=1S/C27H23N9O/c1-27(2,3)26(37)31-17-10-16(11-29-12-17)19-4-5-20-23(32-19)24(36-35-20)25-33-21-14-30-13-18(22(21)34-25)15-6-8-28-9-7-15/h4-14H,1-3H3,(H,31,37)(H,33,34)(H,35,36). The van der Waals surface area contributed by atoms with Gasteiger partial charge in [-0.1, -0.05) is 20.8 Å².